The van der Waals surface area contributed by atoms with Crippen LogP contribution in [0.15, 0.2) is 72.1 Å². The van der Waals surface area contributed by atoms with E-state index in [0.29, 0.717) is 10.7 Å². The molecule has 1 amide bonds. The Morgan fingerprint density at radius 2 is 1.79 bits per heavy atom. The van der Waals surface area contributed by atoms with Gasteiger partial charge in [-0.3, -0.25) is 14.9 Å². The van der Waals surface area contributed by atoms with E-state index >= 15 is 0 Å². The number of nitro groups is 1. The Labute approximate surface area is 164 Å². The molecule has 0 fully saturated rings. The summed E-state index contributed by atoms with van der Waals surface area (Å²) < 4.78 is 0. The number of amides is 1. The van der Waals surface area contributed by atoms with Crippen molar-refractivity contribution < 1.29 is 9.72 Å². The average Bonchev–Trinajstić information content (AvgIpc) is 3.16. The average molecular weight is 389 g/mol. The lowest BCUT2D eigenvalue weighted by Gasteiger charge is -2.04. The summed E-state index contributed by atoms with van der Waals surface area (Å²) in [6, 6.07) is 20.3. The van der Waals surface area contributed by atoms with Crippen molar-refractivity contribution in [3.8, 4) is 11.3 Å². The second-order valence-electron chi connectivity index (χ2n) is 6.18. The Hall–Kier alpha value is -3.58. The van der Waals surface area contributed by atoms with Gasteiger partial charge in [0.1, 0.15) is 0 Å². The largest absolute Gasteiger partial charge is 0.302 e. The normalized spacial score (nSPS) is 10.7. The third-order valence-electron chi connectivity index (χ3n) is 4.36. The molecule has 1 aromatic heterocycles. The van der Waals surface area contributed by atoms with Crippen LogP contribution in [0.2, 0.25) is 0 Å². The van der Waals surface area contributed by atoms with E-state index in [9.17, 15) is 14.9 Å². The molecule has 0 bridgehead atoms. The highest BCUT2D eigenvalue weighted by Gasteiger charge is 2.16. The predicted molar refractivity (Wildman–Crippen MR) is 110 cm³/mol. The zero-order valence-electron chi connectivity index (χ0n) is 14.7. The summed E-state index contributed by atoms with van der Waals surface area (Å²) in [5.41, 5.74) is 2.08. The van der Waals surface area contributed by atoms with Crippen molar-refractivity contribution >= 4 is 38.8 Å². The standard InChI is InChI=1S/C21H15N3O3S/c25-20(12-15-7-2-4-11-19(15)24(26)27)23-21-22-18(13-28-21)17-10-5-8-14-6-1-3-9-16(14)17/h1-11,13H,12H2,(H,22,23,25). The molecular formula is C21H15N3O3S. The van der Waals surface area contributed by atoms with Crippen LogP contribution in [0, 0.1) is 10.1 Å². The molecule has 4 rings (SSSR count). The van der Waals surface area contributed by atoms with Gasteiger partial charge in [0.05, 0.1) is 17.0 Å². The van der Waals surface area contributed by atoms with E-state index in [1.165, 1.54) is 17.4 Å². The second kappa shape index (κ2) is 7.58. The van der Waals surface area contributed by atoms with Gasteiger partial charge in [-0.25, -0.2) is 4.98 Å². The van der Waals surface area contributed by atoms with E-state index in [4.69, 9.17) is 0 Å². The van der Waals surface area contributed by atoms with Gasteiger partial charge in [-0.2, -0.15) is 0 Å². The number of nitro benzene ring substituents is 1. The number of aromatic nitrogens is 1. The first kappa shape index (κ1) is 17.8. The van der Waals surface area contributed by atoms with Crippen LogP contribution in [-0.4, -0.2) is 15.8 Å². The van der Waals surface area contributed by atoms with Crippen LogP contribution in [0.4, 0.5) is 10.8 Å². The maximum Gasteiger partial charge on any atom is 0.273 e. The van der Waals surface area contributed by atoms with Gasteiger partial charge in [0.15, 0.2) is 5.13 Å². The van der Waals surface area contributed by atoms with E-state index in [0.717, 1.165) is 22.0 Å². The molecule has 0 saturated carbocycles. The van der Waals surface area contributed by atoms with Gasteiger partial charge in [-0.1, -0.05) is 60.7 Å². The van der Waals surface area contributed by atoms with Crippen molar-refractivity contribution in [1.82, 2.24) is 4.98 Å². The predicted octanol–water partition coefficient (Wildman–Crippen LogP) is 5.05. The highest BCUT2D eigenvalue weighted by atomic mass is 32.1. The fourth-order valence-corrected chi connectivity index (χ4v) is 3.81. The molecule has 0 aliphatic heterocycles. The van der Waals surface area contributed by atoms with Crippen LogP contribution in [0.3, 0.4) is 0 Å². The minimum absolute atomic E-state index is 0.0618. The first-order valence-electron chi connectivity index (χ1n) is 8.57. The molecule has 1 heterocycles. The van der Waals surface area contributed by atoms with Gasteiger partial charge in [-0.15, -0.1) is 11.3 Å². The van der Waals surface area contributed by atoms with Gasteiger partial charge < -0.3 is 5.32 Å². The first-order valence-corrected chi connectivity index (χ1v) is 9.45. The van der Waals surface area contributed by atoms with Crippen molar-refractivity contribution in [2.75, 3.05) is 5.32 Å². The second-order valence-corrected chi connectivity index (χ2v) is 7.03. The molecule has 3 aromatic carbocycles. The van der Waals surface area contributed by atoms with Gasteiger partial charge >= 0.3 is 0 Å². The summed E-state index contributed by atoms with van der Waals surface area (Å²) in [6.45, 7) is 0. The van der Waals surface area contributed by atoms with Crippen LogP contribution in [0.25, 0.3) is 22.0 Å². The summed E-state index contributed by atoms with van der Waals surface area (Å²) in [4.78, 5) is 27.5. The SMILES string of the molecule is O=C(Cc1ccccc1[N+](=O)[O-])Nc1nc(-c2cccc3ccccc23)cs1. The van der Waals surface area contributed by atoms with Crippen molar-refractivity contribution in [3.63, 3.8) is 0 Å². The number of rotatable bonds is 5. The van der Waals surface area contributed by atoms with Crippen LogP contribution in [0.1, 0.15) is 5.56 Å². The lowest BCUT2D eigenvalue weighted by molar-refractivity contribution is -0.385. The number of benzene rings is 3. The van der Waals surface area contributed by atoms with E-state index in [-0.39, 0.29) is 18.0 Å². The molecule has 0 spiro atoms. The molecular weight excluding hydrogens is 374 g/mol. The zero-order valence-corrected chi connectivity index (χ0v) is 15.5. The molecule has 7 heteroatoms. The van der Waals surface area contributed by atoms with Crippen LogP contribution in [0.5, 0.6) is 0 Å². The highest BCUT2D eigenvalue weighted by Crippen LogP contribution is 2.31. The number of anilines is 1. The van der Waals surface area contributed by atoms with Crippen LogP contribution >= 0.6 is 11.3 Å². The Morgan fingerprint density at radius 3 is 2.64 bits per heavy atom. The highest BCUT2D eigenvalue weighted by molar-refractivity contribution is 7.14. The number of nitrogens with one attached hydrogen (secondary N) is 1. The summed E-state index contributed by atoms with van der Waals surface area (Å²) in [7, 11) is 0. The minimum atomic E-state index is -0.482. The molecule has 0 aliphatic carbocycles. The third-order valence-corrected chi connectivity index (χ3v) is 5.11. The summed E-state index contributed by atoms with van der Waals surface area (Å²) in [6.07, 6.45) is -0.0830. The molecule has 28 heavy (non-hydrogen) atoms. The van der Waals surface area contributed by atoms with E-state index in [2.05, 4.69) is 10.3 Å². The lowest BCUT2D eigenvalue weighted by Crippen LogP contribution is -2.15. The molecule has 0 atom stereocenters. The Bertz CT molecular complexity index is 1180. The molecule has 1 N–H and O–H groups in total. The Kier molecular flexibility index (Phi) is 4.82. The zero-order chi connectivity index (χ0) is 19.5. The number of hydrogen-bond donors (Lipinski definition) is 1. The van der Waals surface area contributed by atoms with Gasteiger partial charge in [0.25, 0.3) is 5.69 Å². The number of thiazole rings is 1. The maximum atomic E-state index is 12.3. The quantitative estimate of drug-likeness (QED) is 0.382. The third kappa shape index (κ3) is 3.60. The lowest BCUT2D eigenvalue weighted by atomic mass is 10.0. The van der Waals surface area contributed by atoms with Gasteiger partial charge in [-0.05, 0) is 10.8 Å². The molecule has 4 aromatic rings. The van der Waals surface area contributed by atoms with Gasteiger partial charge in [0, 0.05) is 22.6 Å². The van der Waals surface area contributed by atoms with Gasteiger partial charge in [0.2, 0.25) is 5.91 Å². The number of carbonyl (C=O) groups is 1. The summed E-state index contributed by atoms with van der Waals surface area (Å²) in [5, 5.41) is 18.4. The topological polar surface area (TPSA) is 85.1 Å². The monoisotopic (exact) mass is 389 g/mol. The molecule has 138 valence electrons. The van der Waals surface area contributed by atoms with E-state index in [1.54, 1.807) is 18.2 Å². The van der Waals surface area contributed by atoms with Crippen LogP contribution < -0.4 is 5.32 Å². The molecule has 0 unspecified atom stereocenters. The van der Waals surface area contributed by atoms with Crippen LogP contribution in [-0.2, 0) is 11.2 Å². The maximum absolute atomic E-state index is 12.3. The molecule has 0 radical (unpaired) electrons. The number of fused-ring (bicyclic) bond motifs is 1. The Balaban J connectivity index is 1.54. The van der Waals surface area contributed by atoms with Crippen molar-refractivity contribution in [2.45, 2.75) is 6.42 Å². The fraction of sp³-hybridized carbons (Fsp3) is 0.0476. The fourth-order valence-electron chi connectivity index (χ4n) is 3.08. The summed E-state index contributed by atoms with van der Waals surface area (Å²) in [5.74, 6) is -0.340. The minimum Gasteiger partial charge on any atom is -0.302 e. The number of carbonyl (C=O) groups excluding carboxylic acids is 1. The molecule has 0 aliphatic rings. The Morgan fingerprint density at radius 1 is 1.04 bits per heavy atom. The number of hydrogen-bond acceptors (Lipinski definition) is 5. The van der Waals surface area contributed by atoms with Crippen molar-refractivity contribution in [2.24, 2.45) is 0 Å². The summed E-state index contributed by atoms with van der Waals surface area (Å²) >= 11 is 1.33. The van der Waals surface area contributed by atoms with E-state index < -0.39 is 4.92 Å². The molecule has 6 nitrogen and oxygen atoms in total. The first-order chi connectivity index (χ1) is 13.6. The number of nitrogens with zero attached hydrogens (tertiary/aromatic N) is 2. The number of para-hydroxylation sites is 1. The smallest absolute Gasteiger partial charge is 0.273 e. The molecule has 0 saturated heterocycles. The van der Waals surface area contributed by atoms with Crippen molar-refractivity contribution in [3.05, 3.63) is 87.8 Å². The van der Waals surface area contributed by atoms with Crippen molar-refractivity contribution in [1.29, 1.82) is 0 Å². The van der Waals surface area contributed by atoms with E-state index in [1.807, 2.05) is 47.8 Å².